The van der Waals surface area contributed by atoms with E-state index in [9.17, 15) is 78.5 Å². The summed E-state index contributed by atoms with van der Waals surface area (Å²) in [5, 5.41) is 21.4. The van der Waals surface area contributed by atoms with Crippen molar-refractivity contribution in [2.45, 2.75) is 135 Å². The molecule has 2 aromatic carbocycles. The second-order valence-electron chi connectivity index (χ2n) is 23.9. The normalized spacial score (nSPS) is 22.0. The van der Waals surface area contributed by atoms with E-state index in [0.29, 0.717) is 32.1 Å². The number of nitrogens with two attached hydrogens (primary N) is 1. The lowest BCUT2D eigenvalue weighted by Crippen LogP contribution is -2.30. The minimum atomic E-state index is -6.61. The van der Waals surface area contributed by atoms with Crippen LogP contribution in [0.1, 0.15) is 121 Å². The van der Waals surface area contributed by atoms with Crippen molar-refractivity contribution < 1.29 is 119 Å². The van der Waals surface area contributed by atoms with Crippen LogP contribution in [0.3, 0.4) is 0 Å². The van der Waals surface area contributed by atoms with E-state index in [1.54, 1.807) is 18.2 Å². The van der Waals surface area contributed by atoms with Gasteiger partial charge in [-0.25, -0.2) is 26.3 Å². The van der Waals surface area contributed by atoms with Gasteiger partial charge in [-0.15, -0.1) is 4.33 Å². The minimum Gasteiger partial charge on any atom is -0.756 e. The highest BCUT2D eigenvalue weighted by atomic mass is 32.2. The fourth-order valence-corrected chi connectivity index (χ4v) is 17.5. The summed E-state index contributed by atoms with van der Waals surface area (Å²) in [6.45, 7) is 10.2. The molecule has 4 aliphatic rings. The Morgan fingerprint density at radius 1 is 0.897 bits per heavy atom. The first kappa shape index (κ1) is 77.4. The van der Waals surface area contributed by atoms with E-state index < -0.39 is 111 Å². The number of nitrogens with zero attached hydrogens (tertiary/aromatic N) is 5. The predicted octanol–water partition coefficient (Wildman–Crippen LogP) is 4.21. The molecule has 5 unspecified atom stereocenters. The molecule has 1 saturated heterocycles. The molecule has 3 aliphatic heterocycles. The number of phosphoric ester groups is 2. The number of hydrogen-bond donors (Lipinski definition) is 7. The van der Waals surface area contributed by atoms with Crippen LogP contribution in [0.4, 0.5) is 17.3 Å². The zero-order valence-corrected chi connectivity index (χ0v) is 59.0. The lowest BCUT2D eigenvalue weighted by molar-refractivity contribution is -0.437. The molecule has 1 aliphatic carbocycles. The number of fused-ring (bicyclic) bond motifs is 3. The highest BCUT2D eigenvalue weighted by molar-refractivity contribution is 7.86. The van der Waals surface area contributed by atoms with Crippen LogP contribution in [0.15, 0.2) is 94.4 Å². The summed E-state index contributed by atoms with van der Waals surface area (Å²) < 4.78 is 151. The molecule has 0 saturated carbocycles. The molecule has 7 atom stereocenters. The van der Waals surface area contributed by atoms with E-state index >= 15 is 0 Å². The number of rotatable bonds is 35. The molecule has 5 heterocycles. The van der Waals surface area contributed by atoms with Crippen molar-refractivity contribution in [2.75, 3.05) is 54.9 Å². The Hall–Kier alpha value is -5.34. The number of aryl methyl sites for hydroxylation is 1. The number of H-pyrrole nitrogens is 1. The van der Waals surface area contributed by atoms with E-state index in [1.807, 2.05) is 61.8 Å². The van der Waals surface area contributed by atoms with Crippen molar-refractivity contribution in [1.82, 2.24) is 30.2 Å². The van der Waals surface area contributed by atoms with Gasteiger partial charge in [-0.05, 0) is 105 Å². The highest BCUT2D eigenvalue weighted by Crippen LogP contribution is 2.67. The number of ether oxygens (including phenoxy) is 1. The number of anilines is 2. The number of carbonyl (C=O) groups excluding carboxylic acids is 1. The van der Waals surface area contributed by atoms with Gasteiger partial charge in [-0.1, -0.05) is 56.5 Å². The second kappa shape index (κ2) is 31.7. The van der Waals surface area contributed by atoms with Crippen LogP contribution in [0.2, 0.25) is 0 Å². The first-order valence-corrected chi connectivity index (χ1v) is 39.5. The number of unbranched alkanes of at least 4 members (excludes halogenated alkanes) is 3. The quantitative estimate of drug-likeness (QED) is 0.00496. The largest absolute Gasteiger partial charge is 0.756 e. The van der Waals surface area contributed by atoms with Gasteiger partial charge in [0.15, 0.2) is 28.9 Å². The number of amides is 1. The molecular formula is C55H73N9O26P4S3-4. The van der Waals surface area contributed by atoms with E-state index in [2.05, 4.69) is 94.7 Å². The van der Waals surface area contributed by atoms with Crippen LogP contribution in [0.25, 0.3) is 11.2 Å². The summed E-state index contributed by atoms with van der Waals surface area (Å²) in [5.74, 6) is -1.40. The van der Waals surface area contributed by atoms with Crippen LogP contribution >= 0.6 is 44.2 Å². The average molecular weight is 1500 g/mol. The number of aromatic nitrogens is 4. The molecule has 35 nitrogen and oxygen atoms in total. The van der Waals surface area contributed by atoms with E-state index in [0.717, 1.165) is 67.2 Å². The lowest BCUT2D eigenvalue weighted by Gasteiger charge is -2.36. The van der Waals surface area contributed by atoms with Crippen LogP contribution in [0, 0.1) is 6.92 Å². The molecule has 0 radical (unpaired) electrons. The number of hydrogen-bond acceptors (Lipinski definition) is 31. The summed E-state index contributed by atoms with van der Waals surface area (Å²) in [6.07, 6.45) is 6.32. The predicted molar refractivity (Wildman–Crippen MR) is 341 cm³/mol. The van der Waals surface area contributed by atoms with Crippen LogP contribution in [0.5, 0.6) is 5.75 Å². The van der Waals surface area contributed by atoms with Crippen molar-refractivity contribution in [2.24, 2.45) is 0 Å². The van der Waals surface area contributed by atoms with Gasteiger partial charge in [0.1, 0.15) is 18.9 Å². The Bertz CT molecular complexity index is 4270. The second-order valence-corrected chi connectivity index (χ2v) is 33.2. The zero-order chi connectivity index (χ0) is 71.1. The van der Waals surface area contributed by atoms with Gasteiger partial charge < -0.3 is 64.6 Å². The molecule has 97 heavy (non-hydrogen) atoms. The fraction of sp³-hybridized carbons (Fsp3) is 0.509. The molecule has 2 aromatic heterocycles. The molecule has 1 amide bonds. The summed E-state index contributed by atoms with van der Waals surface area (Å²) in [7, 11) is -34.1. The molecule has 42 heteroatoms. The number of allylic oxidation sites excluding steroid dienone is 7. The maximum absolute atomic E-state index is 13.3. The third kappa shape index (κ3) is 20.9. The zero-order valence-electron chi connectivity index (χ0n) is 52.9. The minimum absolute atomic E-state index is 0.00450. The summed E-state index contributed by atoms with van der Waals surface area (Å²) >= 11 is 3.56. The summed E-state index contributed by atoms with van der Waals surface area (Å²) in [5.41, 5.74) is 11.8. The van der Waals surface area contributed by atoms with Gasteiger partial charge in [0.2, 0.25) is 17.5 Å². The van der Waals surface area contributed by atoms with Crippen LogP contribution in [-0.2, 0) is 90.2 Å². The van der Waals surface area contributed by atoms with Crippen molar-refractivity contribution >= 4 is 105 Å². The number of thiol groups is 1. The number of nitrogen functional groups attached to an aromatic ring is 1. The molecule has 7 N–H and O–H groups in total. The van der Waals surface area contributed by atoms with Crippen LogP contribution < -0.4 is 51.3 Å². The van der Waals surface area contributed by atoms with E-state index in [1.165, 1.54) is 0 Å². The Kier molecular flexibility index (Phi) is 25.3. The number of nitrogens with one attached hydrogen (secondary N) is 3. The summed E-state index contributed by atoms with van der Waals surface area (Å²) in [6, 6.07) is 11.2. The van der Waals surface area contributed by atoms with E-state index in [-0.39, 0.29) is 87.1 Å². The van der Waals surface area contributed by atoms with Gasteiger partial charge >= 0.3 is 0 Å². The SMILES string of the molecule is Cc1ccc2c(c1)C(C)(C)/C(=C/C=C1\CCCC(/C=C/C3=[N+](CCCS(=O)(=O)[O-])c4ccc(OOOS)cc4C3(C)C)=C1NCCC(=O)NCCCCCCOP(=O)([O-])OP(=O)([O-])OP(=O)([O-])OP(=O)([O-])O[C@H]1O[C@@H](n3cnc4c(=O)[nH]c(N)nc43)CC1O)N2CCCS(=O)(=O)O. The topological polar surface area (TPSA) is 512 Å². The van der Waals surface area contributed by atoms with Gasteiger partial charge in [0.25, 0.3) is 47.0 Å². The molecule has 4 aromatic rings. The third-order valence-electron chi connectivity index (χ3n) is 16.0. The molecular weight excluding hydrogens is 1420 g/mol. The monoisotopic (exact) mass is 1500 g/mol. The Balaban J connectivity index is 0.868. The maximum Gasteiger partial charge on any atom is 0.280 e. The fourth-order valence-electron chi connectivity index (χ4n) is 11.7. The van der Waals surface area contributed by atoms with Gasteiger partial charge in [-0.3, -0.25) is 46.5 Å². The lowest BCUT2D eigenvalue weighted by atomic mass is 9.80. The first-order valence-electron chi connectivity index (χ1n) is 30.1. The Labute approximate surface area is 563 Å². The number of aliphatic hydroxyl groups is 1. The van der Waals surface area contributed by atoms with Crippen molar-refractivity contribution in [3.05, 3.63) is 117 Å². The van der Waals surface area contributed by atoms with Crippen molar-refractivity contribution in [3.63, 3.8) is 0 Å². The van der Waals surface area contributed by atoms with Crippen LogP contribution in [-0.4, -0.2) is 123 Å². The molecule has 0 bridgehead atoms. The smallest absolute Gasteiger partial charge is 0.280 e. The van der Waals surface area contributed by atoms with Crippen molar-refractivity contribution in [1.29, 1.82) is 0 Å². The summed E-state index contributed by atoms with van der Waals surface area (Å²) in [4.78, 5) is 92.4. The van der Waals surface area contributed by atoms with Gasteiger partial charge in [0, 0.05) is 97.8 Å². The molecule has 8 rings (SSSR count). The van der Waals surface area contributed by atoms with Gasteiger partial charge in [0.05, 0.1) is 34.2 Å². The Morgan fingerprint density at radius 2 is 1.61 bits per heavy atom. The molecule has 536 valence electrons. The number of aromatic amines is 1. The van der Waals surface area contributed by atoms with Gasteiger partial charge in [-0.2, -0.15) is 18.0 Å². The number of carbonyl (C=O) groups is 1. The number of aliphatic hydroxyl groups excluding tert-OH is 1. The first-order chi connectivity index (χ1) is 45.3. The number of benzene rings is 2. The maximum atomic E-state index is 13.3. The van der Waals surface area contributed by atoms with Crippen molar-refractivity contribution in [3.8, 4) is 5.75 Å². The highest BCUT2D eigenvalue weighted by Gasteiger charge is 2.46. The number of imidazole rings is 1. The third-order valence-corrected chi connectivity index (χ3v) is 23.4. The standard InChI is InChI=1S/C55H77N9O26P4S3/c1-35-15-19-41-39(31-35)54(2,3)44(62(41)26-11-29-96(76,77)78)21-16-36-13-10-14-37(17-22-45-55(4,5)40-32-38(84-86-87-95)18-20-42(40)63(45)27-12-30-97(79,80)81)48(36)58-25-23-46(66)57-24-8-6-7-9-28-82-91(68,69)88-93(72,73)90-94(74,75)89-92(70,71)85-52-43(65)33-47(83-52)64-34-59-49-50(64)60-53(56)61-51(49)67/h15-22,31-32,34,43,47,52,65H,6-14,23-30,33H2,1-5H3,(H11,56,57,60,61,66,67,68,69,70,71,72,73,74,75,76,77,78,79,80,81,95)/p-4/b36-16+,44-21-/t43?,47-,52-/m1/s1. The molecule has 1 fully saturated rings. The molecule has 0 spiro atoms. The average Bonchev–Trinajstić information content (AvgIpc) is 1.60. The Morgan fingerprint density at radius 3 is 2.32 bits per heavy atom. The van der Waals surface area contributed by atoms with E-state index in [4.69, 9.17) is 15.4 Å². The number of phosphoric acid groups is 4.